The van der Waals surface area contributed by atoms with E-state index in [4.69, 9.17) is 4.74 Å². The predicted octanol–water partition coefficient (Wildman–Crippen LogP) is 3.22. The van der Waals surface area contributed by atoms with Gasteiger partial charge in [0.25, 0.3) is 0 Å². The van der Waals surface area contributed by atoms with Crippen LogP contribution in [0.5, 0.6) is 5.75 Å². The molecule has 0 fully saturated rings. The van der Waals surface area contributed by atoms with Crippen LogP contribution in [0.15, 0.2) is 12.1 Å². The lowest BCUT2D eigenvalue weighted by Gasteiger charge is -2.21. The molecule has 0 amide bonds. The van der Waals surface area contributed by atoms with Gasteiger partial charge >= 0.3 is 0 Å². The van der Waals surface area contributed by atoms with Crippen molar-refractivity contribution in [3.8, 4) is 5.75 Å². The van der Waals surface area contributed by atoms with Crippen molar-refractivity contribution in [3.05, 3.63) is 28.8 Å². The molecule has 1 rings (SSSR count). The van der Waals surface area contributed by atoms with Crippen LogP contribution in [-0.2, 0) is 0 Å². The van der Waals surface area contributed by atoms with Gasteiger partial charge in [-0.05, 0) is 24.0 Å². The Labute approximate surface area is 98.3 Å². The highest BCUT2D eigenvalue weighted by Crippen LogP contribution is 2.36. The van der Waals surface area contributed by atoms with E-state index in [0.717, 1.165) is 11.3 Å². The lowest BCUT2D eigenvalue weighted by Crippen LogP contribution is -2.07. The molecule has 0 heterocycles. The molecule has 1 atom stereocenters. The Morgan fingerprint density at radius 2 is 1.88 bits per heavy atom. The van der Waals surface area contributed by atoms with Crippen LogP contribution in [0.25, 0.3) is 0 Å². The zero-order valence-electron chi connectivity index (χ0n) is 10.9. The summed E-state index contributed by atoms with van der Waals surface area (Å²) in [6.07, 6.45) is 0. The van der Waals surface area contributed by atoms with Crippen LogP contribution in [-0.4, -0.2) is 18.8 Å². The van der Waals surface area contributed by atoms with E-state index in [-0.39, 0.29) is 12.5 Å². The lowest BCUT2D eigenvalue weighted by molar-refractivity contribution is 0.272. The van der Waals surface area contributed by atoms with Gasteiger partial charge in [-0.25, -0.2) is 0 Å². The summed E-state index contributed by atoms with van der Waals surface area (Å²) in [6, 6.07) is 4.17. The maximum atomic E-state index is 9.29. The third-order valence-corrected chi connectivity index (χ3v) is 3.01. The summed E-state index contributed by atoms with van der Waals surface area (Å²) in [5.74, 6) is 1.53. The summed E-state index contributed by atoms with van der Waals surface area (Å²) in [4.78, 5) is 0. The molecule has 16 heavy (non-hydrogen) atoms. The molecule has 1 N–H and O–H groups in total. The molecule has 0 radical (unpaired) electrons. The van der Waals surface area contributed by atoms with Gasteiger partial charge in [-0.2, -0.15) is 0 Å². The standard InChI is InChI=1S/C14H22O2/c1-9(2)13-12(11(4)8-15)7-6-10(3)14(13)16-5/h6-7,9,11,15H,8H2,1-5H3. The molecule has 1 aromatic rings. The van der Waals surface area contributed by atoms with E-state index < -0.39 is 0 Å². The summed E-state index contributed by atoms with van der Waals surface area (Å²) < 4.78 is 5.49. The van der Waals surface area contributed by atoms with E-state index in [0.29, 0.717) is 5.92 Å². The first-order valence-corrected chi connectivity index (χ1v) is 5.81. The summed E-state index contributed by atoms with van der Waals surface area (Å²) in [5, 5.41) is 9.29. The first-order chi connectivity index (χ1) is 7.52. The number of benzene rings is 1. The summed E-state index contributed by atoms with van der Waals surface area (Å²) in [6.45, 7) is 8.58. The van der Waals surface area contributed by atoms with E-state index in [2.05, 4.69) is 32.9 Å². The molecule has 0 bridgehead atoms. The number of hydrogen-bond donors (Lipinski definition) is 1. The molecule has 1 unspecified atom stereocenters. The third kappa shape index (κ3) is 2.38. The van der Waals surface area contributed by atoms with Crippen molar-refractivity contribution in [2.24, 2.45) is 0 Å². The van der Waals surface area contributed by atoms with Crippen molar-refractivity contribution in [2.75, 3.05) is 13.7 Å². The number of ether oxygens (including phenoxy) is 1. The highest BCUT2D eigenvalue weighted by atomic mass is 16.5. The average Bonchev–Trinajstić information content (AvgIpc) is 2.27. The van der Waals surface area contributed by atoms with Gasteiger partial charge in [0.2, 0.25) is 0 Å². The van der Waals surface area contributed by atoms with Crippen LogP contribution in [0.4, 0.5) is 0 Å². The van der Waals surface area contributed by atoms with Gasteiger partial charge in [-0.3, -0.25) is 0 Å². The minimum absolute atomic E-state index is 0.159. The maximum absolute atomic E-state index is 9.29. The fourth-order valence-corrected chi connectivity index (χ4v) is 2.12. The van der Waals surface area contributed by atoms with E-state index in [9.17, 15) is 5.11 Å². The predicted molar refractivity (Wildman–Crippen MR) is 67.3 cm³/mol. The largest absolute Gasteiger partial charge is 0.496 e. The van der Waals surface area contributed by atoms with Gasteiger partial charge in [0.1, 0.15) is 5.75 Å². The molecule has 2 nitrogen and oxygen atoms in total. The average molecular weight is 222 g/mol. The van der Waals surface area contributed by atoms with Gasteiger partial charge in [-0.15, -0.1) is 0 Å². The maximum Gasteiger partial charge on any atom is 0.125 e. The van der Waals surface area contributed by atoms with Crippen molar-refractivity contribution in [1.82, 2.24) is 0 Å². The molecule has 1 aromatic carbocycles. The lowest BCUT2D eigenvalue weighted by atomic mass is 9.88. The normalized spacial score (nSPS) is 12.9. The van der Waals surface area contributed by atoms with Crippen LogP contribution in [0.3, 0.4) is 0 Å². The van der Waals surface area contributed by atoms with Gasteiger partial charge in [0, 0.05) is 18.1 Å². The summed E-state index contributed by atoms with van der Waals surface area (Å²) in [5.41, 5.74) is 3.57. The molecule has 0 aliphatic carbocycles. The zero-order chi connectivity index (χ0) is 12.3. The SMILES string of the molecule is COc1c(C)ccc(C(C)CO)c1C(C)C. The molecule has 90 valence electrons. The number of aryl methyl sites for hydroxylation is 1. The molecule has 0 aromatic heterocycles. The Kier molecular flexibility index (Phi) is 4.36. The fourth-order valence-electron chi connectivity index (χ4n) is 2.12. The minimum Gasteiger partial charge on any atom is -0.496 e. The third-order valence-electron chi connectivity index (χ3n) is 3.01. The Bertz CT molecular complexity index is 356. The number of aliphatic hydroxyl groups is 1. The molecule has 0 aliphatic rings. The second-order valence-electron chi connectivity index (χ2n) is 4.66. The van der Waals surface area contributed by atoms with Crippen LogP contribution in [0.1, 0.15) is 49.3 Å². The van der Waals surface area contributed by atoms with Crippen LogP contribution < -0.4 is 4.74 Å². The monoisotopic (exact) mass is 222 g/mol. The topological polar surface area (TPSA) is 29.5 Å². The Hall–Kier alpha value is -1.02. The van der Waals surface area contributed by atoms with Crippen molar-refractivity contribution in [2.45, 2.75) is 39.5 Å². The molecular weight excluding hydrogens is 200 g/mol. The number of aliphatic hydroxyl groups excluding tert-OH is 1. The van der Waals surface area contributed by atoms with Crippen molar-refractivity contribution in [1.29, 1.82) is 0 Å². The summed E-state index contributed by atoms with van der Waals surface area (Å²) in [7, 11) is 1.71. The van der Waals surface area contributed by atoms with Crippen LogP contribution in [0, 0.1) is 6.92 Å². The smallest absolute Gasteiger partial charge is 0.125 e. The van der Waals surface area contributed by atoms with E-state index in [1.54, 1.807) is 7.11 Å². The first kappa shape index (κ1) is 13.0. The molecule has 0 spiro atoms. The van der Waals surface area contributed by atoms with Crippen LogP contribution >= 0.6 is 0 Å². The van der Waals surface area contributed by atoms with Crippen molar-refractivity contribution in [3.63, 3.8) is 0 Å². The van der Waals surface area contributed by atoms with E-state index in [1.165, 1.54) is 11.1 Å². The highest BCUT2D eigenvalue weighted by molar-refractivity contribution is 5.49. The second kappa shape index (κ2) is 5.35. The Morgan fingerprint density at radius 3 is 2.31 bits per heavy atom. The minimum atomic E-state index is 0.159. The van der Waals surface area contributed by atoms with Crippen LogP contribution in [0.2, 0.25) is 0 Å². The Morgan fingerprint density at radius 1 is 1.25 bits per heavy atom. The number of hydrogen-bond acceptors (Lipinski definition) is 2. The fraction of sp³-hybridized carbons (Fsp3) is 0.571. The summed E-state index contributed by atoms with van der Waals surface area (Å²) >= 11 is 0. The quantitative estimate of drug-likeness (QED) is 0.847. The molecule has 0 saturated carbocycles. The van der Waals surface area contributed by atoms with Gasteiger partial charge < -0.3 is 9.84 Å². The number of methoxy groups -OCH3 is 1. The van der Waals surface area contributed by atoms with Gasteiger partial charge in [0.15, 0.2) is 0 Å². The molecule has 0 saturated heterocycles. The van der Waals surface area contributed by atoms with Crippen molar-refractivity contribution >= 4 is 0 Å². The zero-order valence-corrected chi connectivity index (χ0v) is 10.9. The van der Waals surface area contributed by atoms with E-state index >= 15 is 0 Å². The van der Waals surface area contributed by atoms with Crippen molar-refractivity contribution < 1.29 is 9.84 Å². The second-order valence-corrected chi connectivity index (χ2v) is 4.66. The first-order valence-electron chi connectivity index (χ1n) is 5.81. The van der Waals surface area contributed by atoms with Gasteiger partial charge in [0.05, 0.1) is 7.11 Å². The number of rotatable bonds is 4. The molecular formula is C14H22O2. The molecule has 0 aliphatic heterocycles. The van der Waals surface area contributed by atoms with Gasteiger partial charge in [-0.1, -0.05) is 32.9 Å². The van der Waals surface area contributed by atoms with E-state index in [1.807, 2.05) is 6.92 Å². The Balaban J connectivity index is 3.38. The molecule has 2 heteroatoms. The highest BCUT2D eigenvalue weighted by Gasteiger charge is 2.18.